The number of carbonyl (C=O) groups is 2. The Balaban J connectivity index is 1.58. The summed E-state index contributed by atoms with van der Waals surface area (Å²) in [5.74, 6) is -0.831. The normalized spacial score (nSPS) is 17.9. The van der Waals surface area contributed by atoms with Crippen molar-refractivity contribution in [2.24, 2.45) is 5.73 Å². The van der Waals surface area contributed by atoms with Gasteiger partial charge in [0.15, 0.2) is 0 Å². The van der Waals surface area contributed by atoms with Crippen LogP contribution in [0.2, 0.25) is 0 Å². The van der Waals surface area contributed by atoms with Crippen molar-refractivity contribution >= 4 is 23.3 Å². The Morgan fingerprint density at radius 3 is 2.26 bits per heavy atom. The smallest absolute Gasteiger partial charge is 0.319 e. The summed E-state index contributed by atoms with van der Waals surface area (Å²) in [6.45, 7) is 1.82. The fourth-order valence-electron chi connectivity index (χ4n) is 4.80. The van der Waals surface area contributed by atoms with Gasteiger partial charge in [-0.15, -0.1) is 0 Å². The van der Waals surface area contributed by atoms with Gasteiger partial charge in [-0.2, -0.15) is 0 Å². The molecule has 4 N–H and O–H groups in total. The molecule has 0 unspecified atom stereocenters. The Kier molecular flexibility index (Phi) is 6.11. The van der Waals surface area contributed by atoms with Gasteiger partial charge >= 0.3 is 6.03 Å². The molecule has 164 valence electrons. The van der Waals surface area contributed by atoms with Crippen LogP contribution in [0.15, 0.2) is 42.5 Å². The maximum Gasteiger partial charge on any atom is 0.319 e. The molecule has 2 aliphatic rings. The molecule has 0 atom stereocenters. The molecule has 7 heteroatoms. The van der Waals surface area contributed by atoms with Gasteiger partial charge in [0.05, 0.1) is 16.9 Å². The van der Waals surface area contributed by atoms with Gasteiger partial charge in [-0.3, -0.25) is 4.79 Å². The molecule has 6 nitrogen and oxygen atoms in total. The Morgan fingerprint density at radius 2 is 1.61 bits per heavy atom. The van der Waals surface area contributed by atoms with E-state index in [1.165, 1.54) is 18.6 Å². The second-order valence-corrected chi connectivity index (χ2v) is 8.52. The number of carbonyl (C=O) groups excluding carboxylic acids is 2. The maximum atomic E-state index is 13.4. The van der Waals surface area contributed by atoms with Gasteiger partial charge in [-0.1, -0.05) is 25.0 Å². The van der Waals surface area contributed by atoms with Crippen LogP contribution >= 0.6 is 0 Å². The van der Waals surface area contributed by atoms with Crippen LogP contribution in [0.3, 0.4) is 0 Å². The van der Waals surface area contributed by atoms with Crippen molar-refractivity contribution in [3.8, 4) is 0 Å². The predicted octanol–water partition coefficient (Wildman–Crippen LogP) is 4.51. The number of piperidine rings is 1. The average Bonchev–Trinajstić information content (AvgIpc) is 3.24. The molecule has 2 aromatic rings. The highest BCUT2D eigenvalue weighted by molar-refractivity contribution is 5.99. The van der Waals surface area contributed by atoms with E-state index in [0.29, 0.717) is 11.3 Å². The largest absolute Gasteiger partial charge is 0.370 e. The topological polar surface area (TPSA) is 87.5 Å². The van der Waals surface area contributed by atoms with Crippen molar-refractivity contribution in [3.63, 3.8) is 0 Å². The van der Waals surface area contributed by atoms with Crippen LogP contribution in [0.25, 0.3) is 0 Å². The lowest BCUT2D eigenvalue weighted by Gasteiger charge is -2.33. The molecule has 0 aromatic heterocycles. The molecule has 2 aromatic carbocycles. The summed E-state index contributed by atoms with van der Waals surface area (Å²) in [4.78, 5) is 27.0. The van der Waals surface area contributed by atoms with Gasteiger partial charge in [-0.05, 0) is 68.0 Å². The van der Waals surface area contributed by atoms with E-state index in [0.717, 1.165) is 62.9 Å². The third-order valence-electron chi connectivity index (χ3n) is 6.43. The predicted molar refractivity (Wildman–Crippen MR) is 120 cm³/mol. The minimum atomic E-state index is -0.535. The van der Waals surface area contributed by atoms with E-state index in [1.807, 2.05) is 6.07 Å². The standard InChI is InChI=1S/C24H29FN4O2/c25-19-9-7-18(8-10-19)24(12-2-3-13-24)28-23(31)27-20-16-17(22(26)30)6-11-21(20)29-14-4-1-5-15-29/h6-11,16H,1-5,12-15H2,(H2,26,30)(H2,27,28,31). The number of nitrogens with two attached hydrogens (primary N) is 1. The van der Waals surface area contributed by atoms with Gasteiger partial charge in [0.2, 0.25) is 5.91 Å². The molecule has 0 spiro atoms. The zero-order valence-corrected chi connectivity index (χ0v) is 17.6. The Morgan fingerprint density at radius 1 is 0.935 bits per heavy atom. The van der Waals surface area contributed by atoms with Gasteiger partial charge in [0, 0.05) is 18.7 Å². The lowest BCUT2D eigenvalue weighted by atomic mass is 9.88. The van der Waals surface area contributed by atoms with Gasteiger partial charge in [0.25, 0.3) is 0 Å². The van der Waals surface area contributed by atoms with E-state index in [4.69, 9.17) is 5.73 Å². The molecule has 1 aliphatic heterocycles. The number of primary amides is 1. The zero-order chi connectivity index (χ0) is 21.8. The molecule has 31 heavy (non-hydrogen) atoms. The molecule has 3 amide bonds. The summed E-state index contributed by atoms with van der Waals surface area (Å²) in [6.07, 6.45) is 6.97. The number of nitrogens with zero attached hydrogens (tertiary/aromatic N) is 1. The van der Waals surface area contributed by atoms with Crippen molar-refractivity contribution in [2.75, 3.05) is 23.3 Å². The van der Waals surface area contributed by atoms with Gasteiger partial charge < -0.3 is 21.3 Å². The number of benzene rings is 2. The minimum absolute atomic E-state index is 0.296. The number of anilines is 2. The number of rotatable bonds is 5. The SMILES string of the molecule is NC(=O)c1ccc(N2CCCCC2)c(NC(=O)NC2(c3ccc(F)cc3)CCCC2)c1. The fourth-order valence-corrected chi connectivity index (χ4v) is 4.80. The number of hydrogen-bond acceptors (Lipinski definition) is 3. The Labute approximate surface area is 182 Å². The Hall–Kier alpha value is -3.09. The second-order valence-electron chi connectivity index (χ2n) is 8.52. The van der Waals surface area contributed by atoms with E-state index < -0.39 is 11.4 Å². The first-order chi connectivity index (χ1) is 15.0. The first kappa shape index (κ1) is 21.2. The highest BCUT2D eigenvalue weighted by Gasteiger charge is 2.37. The minimum Gasteiger partial charge on any atom is -0.370 e. The molecule has 1 saturated heterocycles. The quantitative estimate of drug-likeness (QED) is 0.660. The van der Waals surface area contributed by atoms with Crippen molar-refractivity contribution in [1.82, 2.24) is 5.32 Å². The van der Waals surface area contributed by atoms with Crippen molar-refractivity contribution < 1.29 is 14.0 Å². The molecule has 1 heterocycles. The van der Waals surface area contributed by atoms with E-state index in [2.05, 4.69) is 15.5 Å². The molecule has 1 aliphatic carbocycles. The number of urea groups is 1. The summed E-state index contributed by atoms with van der Waals surface area (Å²) >= 11 is 0. The fraction of sp³-hybridized carbons (Fsp3) is 0.417. The highest BCUT2D eigenvalue weighted by atomic mass is 19.1. The second kappa shape index (κ2) is 8.96. The van der Waals surface area contributed by atoms with Crippen LogP contribution in [0, 0.1) is 5.82 Å². The molecular formula is C24H29FN4O2. The van der Waals surface area contributed by atoms with Crippen LogP contribution < -0.4 is 21.3 Å². The maximum absolute atomic E-state index is 13.4. The molecule has 4 rings (SSSR count). The number of halogens is 1. The van der Waals surface area contributed by atoms with Crippen LogP contribution in [0.4, 0.5) is 20.6 Å². The molecule has 1 saturated carbocycles. The van der Waals surface area contributed by atoms with Crippen LogP contribution in [-0.4, -0.2) is 25.0 Å². The first-order valence-corrected chi connectivity index (χ1v) is 11.0. The number of amides is 3. The molecule has 2 fully saturated rings. The van der Waals surface area contributed by atoms with Gasteiger partial charge in [-0.25, -0.2) is 9.18 Å². The number of nitrogens with one attached hydrogen (secondary N) is 2. The summed E-state index contributed by atoms with van der Waals surface area (Å²) in [7, 11) is 0. The lowest BCUT2D eigenvalue weighted by Crippen LogP contribution is -2.46. The molecule has 0 radical (unpaired) electrons. The highest BCUT2D eigenvalue weighted by Crippen LogP contribution is 2.39. The van der Waals surface area contributed by atoms with Crippen molar-refractivity contribution in [3.05, 3.63) is 59.4 Å². The summed E-state index contributed by atoms with van der Waals surface area (Å²) in [5.41, 5.74) is 7.67. The zero-order valence-electron chi connectivity index (χ0n) is 17.6. The van der Waals surface area contributed by atoms with E-state index in [1.54, 1.807) is 24.3 Å². The van der Waals surface area contributed by atoms with Crippen LogP contribution in [-0.2, 0) is 5.54 Å². The molecular weight excluding hydrogens is 395 g/mol. The number of hydrogen-bond donors (Lipinski definition) is 3. The summed E-state index contributed by atoms with van der Waals surface area (Å²) < 4.78 is 13.4. The van der Waals surface area contributed by atoms with Crippen LogP contribution in [0.5, 0.6) is 0 Å². The first-order valence-electron chi connectivity index (χ1n) is 11.0. The Bertz CT molecular complexity index is 949. The van der Waals surface area contributed by atoms with Gasteiger partial charge in [0.1, 0.15) is 5.82 Å². The third-order valence-corrected chi connectivity index (χ3v) is 6.43. The van der Waals surface area contributed by atoms with E-state index >= 15 is 0 Å². The average molecular weight is 425 g/mol. The third kappa shape index (κ3) is 4.65. The molecule has 0 bridgehead atoms. The van der Waals surface area contributed by atoms with Crippen molar-refractivity contribution in [2.45, 2.75) is 50.5 Å². The summed E-state index contributed by atoms with van der Waals surface area (Å²) in [5, 5.41) is 6.11. The lowest BCUT2D eigenvalue weighted by molar-refractivity contribution is 0.1000. The monoisotopic (exact) mass is 424 g/mol. The summed E-state index contributed by atoms with van der Waals surface area (Å²) in [6, 6.07) is 11.2. The van der Waals surface area contributed by atoms with E-state index in [9.17, 15) is 14.0 Å². The van der Waals surface area contributed by atoms with Crippen molar-refractivity contribution in [1.29, 1.82) is 0 Å². The van der Waals surface area contributed by atoms with E-state index in [-0.39, 0.29) is 11.8 Å². The van der Waals surface area contributed by atoms with Crippen LogP contribution in [0.1, 0.15) is 60.9 Å².